The molecular formula is C19H20N6O3S. The fraction of sp³-hybridized carbons (Fsp3) is 0.158. The first-order valence-corrected chi connectivity index (χ1v) is 9.55. The van der Waals surface area contributed by atoms with E-state index in [9.17, 15) is 9.90 Å². The Labute approximate surface area is 171 Å². The number of carbonyl (C=O) groups is 1. The Kier molecular flexibility index (Phi) is 6.35. The van der Waals surface area contributed by atoms with Gasteiger partial charge in [0.15, 0.2) is 17.3 Å². The van der Waals surface area contributed by atoms with E-state index in [4.69, 9.17) is 10.6 Å². The van der Waals surface area contributed by atoms with Crippen molar-refractivity contribution in [3.8, 4) is 11.5 Å². The number of nitrogens with one attached hydrogen (secondary N) is 1. The zero-order chi connectivity index (χ0) is 20.8. The number of carbonyl (C=O) groups excluding carboxylic acids is 1. The molecule has 2 aromatic carbocycles. The van der Waals surface area contributed by atoms with Crippen LogP contribution in [0.25, 0.3) is 0 Å². The number of phenolic OH excluding ortho intramolecular Hbond substituents is 1. The second kappa shape index (κ2) is 9.11. The van der Waals surface area contributed by atoms with E-state index in [-0.39, 0.29) is 23.2 Å². The molecule has 0 spiro atoms. The summed E-state index contributed by atoms with van der Waals surface area (Å²) in [6.45, 7) is 1.97. The van der Waals surface area contributed by atoms with Gasteiger partial charge in [-0.15, -0.1) is 10.2 Å². The lowest BCUT2D eigenvalue weighted by atomic mass is 10.1. The maximum absolute atomic E-state index is 12.3. The van der Waals surface area contributed by atoms with Crippen LogP contribution < -0.4 is 16.0 Å². The molecule has 0 bridgehead atoms. The van der Waals surface area contributed by atoms with Crippen LogP contribution in [0.15, 0.2) is 52.7 Å². The number of hydrogen-bond donors (Lipinski definition) is 3. The Morgan fingerprint density at radius 2 is 2.07 bits per heavy atom. The predicted molar refractivity (Wildman–Crippen MR) is 112 cm³/mol. The number of ether oxygens (including phenoxy) is 1. The van der Waals surface area contributed by atoms with Gasteiger partial charge in [0.25, 0.3) is 5.95 Å². The lowest BCUT2D eigenvalue weighted by Crippen LogP contribution is -2.14. The van der Waals surface area contributed by atoms with Crippen molar-refractivity contribution in [3.63, 3.8) is 0 Å². The van der Waals surface area contributed by atoms with Crippen molar-refractivity contribution in [2.45, 2.75) is 12.1 Å². The van der Waals surface area contributed by atoms with E-state index in [1.807, 2.05) is 19.1 Å². The summed E-state index contributed by atoms with van der Waals surface area (Å²) in [4.78, 5) is 12.3. The first-order chi connectivity index (χ1) is 14.0. The second-order valence-corrected chi connectivity index (χ2v) is 7.00. The largest absolute Gasteiger partial charge is 0.504 e. The number of nitrogen functional groups attached to an aromatic ring is 1. The number of aromatic hydroxyl groups is 1. The SMILES string of the molecule is COc1ccc(/C=N/Nc2nnc(SCC(=O)c3ccc(C)cc3)n2N)cc1O. The van der Waals surface area contributed by atoms with E-state index in [0.717, 1.165) is 5.56 Å². The molecular weight excluding hydrogens is 392 g/mol. The van der Waals surface area contributed by atoms with Gasteiger partial charge in [0.05, 0.1) is 19.1 Å². The summed E-state index contributed by atoms with van der Waals surface area (Å²) in [7, 11) is 1.47. The Morgan fingerprint density at radius 3 is 2.76 bits per heavy atom. The molecule has 9 nitrogen and oxygen atoms in total. The number of anilines is 1. The standard InChI is InChI=1S/C19H20N6O3S/c1-12-3-6-14(7-4-12)16(27)11-29-19-24-23-18(25(19)20)22-21-10-13-5-8-17(28-2)15(26)9-13/h3-10,26H,11,20H2,1-2H3,(H,22,23)/b21-10+. The normalized spacial score (nSPS) is 11.0. The van der Waals surface area contributed by atoms with Gasteiger partial charge in [-0.1, -0.05) is 41.6 Å². The summed E-state index contributed by atoms with van der Waals surface area (Å²) >= 11 is 1.19. The van der Waals surface area contributed by atoms with Crippen LogP contribution in [0.4, 0.5) is 5.95 Å². The highest BCUT2D eigenvalue weighted by Crippen LogP contribution is 2.25. The first kappa shape index (κ1) is 20.2. The Bertz CT molecular complexity index is 1030. The van der Waals surface area contributed by atoms with Crippen LogP contribution in [0.2, 0.25) is 0 Å². The molecule has 3 rings (SSSR count). The number of hydrogen-bond acceptors (Lipinski definition) is 9. The van der Waals surface area contributed by atoms with Crippen LogP contribution in [0, 0.1) is 6.92 Å². The second-order valence-electron chi connectivity index (χ2n) is 6.06. The number of hydrazone groups is 1. The molecule has 0 amide bonds. The minimum absolute atomic E-state index is 0.00960. The number of benzene rings is 2. The summed E-state index contributed by atoms with van der Waals surface area (Å²) in [6.07, 6.45) is 1.49. The summed E-state index contributed by atoms with van der Waals surface area (Å²) < 4.78 is 6.21. The third-order valence-electron chi connectivity index (χ3n) is 3.95. The maximum atomic E-state index is 12.3. The number of thioether (sulfide) groups is 1. The van der Waals surface area contributed by atoms with Gasteiger partial charge in [0, 0.05) is 5.56 Å². The number of aromatic nitrogens is 3. The number of aryl methyl sites for hydroxylation is 1. The van der Waals surface area contributed by atoms with Gasteiger partial charge in [-0.3, -0.25) is 4.79 Å². The van der Waals surface area contributed by atoms with Crippen molar-refractivity contribution < 1.29 is 14.6 Å². The van der Waals surface area contributed by atoms with E-state index in [2.05, 4.69) is 20.7 Å². The topological polar surface area (TPSA) is 128 Å². The van der Waals surface area contributed by atoms with Crippen LogP contribution in [0.5, 0.6) is 11.5 Å². The Balaban J connectivity index is 1.58. The summed E-state index contributed by atoms with van der Waals surface area (Å²) in [5, 5.41) is 22.1. The molecule has 0 aliphatic carbocycles. The van der Waals surface area contributed by atoms with Crippen molar-refractivity contribution in [2.24, 2.45) is 5.10 Å². The van der Waals surface area contributed by atoms with E-state index in [0.29, 0.717) is 22.0 Å². The van der Waals surface area contributed by atoms with E-state index in [1.165, 1.54) is 35.8 Å². The lowest BCUT2D eigenvalue weighted by Gasteiger charge is -2.04. The Hall–Kier alpha value is -3.53. The molecule has 1 aromatic heterocycles. The lowest BCUT2D eigenvalue weighted by molar-refractivity contribution is 0.102. The molecule has 0 radical (unpaired) electrons. The van der Waals surface area contributed by atoms with Crippen molar-refractivity contribution in [1.82, 2.24) is 14.9 Å². The highest BCUT2D eigenvalue weighted by molar-refractivity contribution is 7.99. The summed E-state index contributed by atoms with van der Waals surface area (Å²) in [5.74, 6) is 6.72. The highest BCUT2D eigenvalue weighted by atomic mass is 32.2. The number of nitrogens with two attached hydrogens (primary N) is 1. The molecule has 29 heavy (non-hydrogen) atoms. The van der Waals surface area contributed by atoms with E-state index < -0.39 is 0 Å². The van der Waals surface area contributed by atoms with Gasteiger partial charge < -0.3 is 15.7 Å². The zero-order valence-corrected chi connectivity index (χ0v) is 16.7. The molecule has 0 aliphatic rings. The molecule has 0 saturated heterocycles. The zero-order valence-electron chi connectivity index (χ0n) is 15.9. The number of phenols is 1. The highest BCUT2D eigenvalue weighted by Gasteiger charge is 2.13. The smallest absolute Gasteiger partial charge is 0.264 e. The number of Topliss-reactive ketones (excluding diaryl/α,β-unsaturated/α-hetero) is 1. The molecule has 150 valence electrons. The molecule has 0 atom stereocenters. The molecule has 0 saturated carbocycles. The molecule has 10 heteroatoms. The average Bonchev–Trinajstić information content (AvgIpc) is 3.06. The first-order valence-electron chi connectivity index (χ1n) is 8.57. The molecule has 1 heterocycles. The molecule has 4 N–H and O–H groups in total. The third-order valence-corrected chi connectivity index (χ3v) is 4.89. The minimum Gasteiger partial charge on any atom is -0.504 e. The molecule has 3 aromatic rings. The number of ketones is 1. The quantitative estimate of drug-likeness (QED) is 0.169. The third kappa shape index (κ3) is 5.05. The van der Waals surface area contributed by atoms with Crippen LogP contribution in [0.1, 0.15) is 21.5 Å². The van der Waals surface area contributed by atoms with Gasteiger partial charge in [-0.2, -0.15) is 5.10 Å². The van der Waals surface area contributed by atoms with Crippen molar-refractivity contribution in [1.29, 1.82) is 0 Å². The number of methoxy groups -OCH3 is 1. The minimum atomic E-state index is -0.0233. The predicted octanol–water partition coefficient (Wildman–Crippen LogP) is 2.44. The van der Waals surface area contributed by atoms with Crippen LogP contribution in [-0.2, 0) is 0 Å². The summed E-state index contributed by atoms with van der Waals surface area (Å²) in [5.41, 5.74) is 5.06. The van der Waals surface area contributed by atoms with Gasteiger partial charge in [-0.25, -0.2) is 10.1 Å². The average molecular weight is 412 g/mol. The van der Waals surface area contributed by atoms with E-state index >= 15 is 0 Å². The van der Waals surface area contributed by atoms with Crippen molar-refractivity contribution in [3.05, 3.63) is 59.2 Å². The molecule has 0 aliphatic heterocycles. The van der Waals surface area contributed by atoms with Crippen molar-refractivity contribution >= 4 is 29.7 Å². The molecule has 0 fully saturated rings. The number of nitrogens with zero attached hydrogens (tertiary/aromatic N) is 4. The van der Waals surface area contributed by atoms with Crippen LogP contribution in [-0.4, -0.2) is 44.8 Å². The van der Waals surface area contributed by atoms with E-state index in [1.54, 1.807) is 24.3 Å². The fourth-order valence-electron chi connectivity index (χ4n) is 2.36. The van der Waals surface area contributed by atoms with Crippen LogP contribution >= 0.6 is 11.8 Å². The van der Waals surface area contributed by atoms with Crippen molar-refractivity contribution in [2.75, 3.05) is 24.1 Å². The molecule has 0 unspecified atom stereocenters. The Morgan fingerprint density at radius 1 is 1.31 bits per heavy atom. The summed E-state index contributed by atoms with van der Waals surface area (Å²) in [6, 6.07) is 12.2. The fourth-order valence-corrected chi connectivity index (χ4v) is 3.11. The van der Waals surface area contributed by atoms with Gasteiger partial charge in [0.1, 0.15) is 0 Å². The number of rotatable bonds is 8. The van der Waals surface area contributed by atoms with Gasteiger partial charge in [-0.05, 0) is 30.7 Å². The van der Waals surface area contributed by atoms with Gasteiger partial charge in [0.2, 0.25) is 5.16 Å². The monoisotopic (exact) mass is 412 g/mol. The maximum Gasteiger partial charge on any atom is 0.264 e. The van der Waals surface area contributed by atoms with Gasteiger partial charge >= 0.3 is 0 Å². The van der Waals surface area contributed by atoms with Crippen LogP contribution in [0.3, 0.4) is 0 Å².